The lowest BCUT2D eigenvalue weighted by Crippen LogP contribution is -2.04. The van der Waals surface area contributed by atoms with Crippen molar-refractivity contribution in [1.82, 2.24) is 0 Å². The Bertz CT molecular complexity index is 518. The van der Waals surface area contributed by atoms with Crippen LogP contribution in [0.4, 0.5) is 0 Å². The number of rotatable bonds is 5. The van der Waals surface area contributed by atoms with Gasteiger partial charge in [-0.1, -0.05) is 73.9 Å². The van der Waals surface area contributed by atoms with E-state index in [1.807, 2.05) is 0 Å². The van der Waals surface area contributed by atoms with Gasteiger partial charge in [-0.3, -0.25) is 0 Å². The predicted molar refractivity (Wildman–Crippen MR) is 90.7 cm³/mol. The van der Waals surface area contributed by atoms with E-state index in [-0.39, 0.29) is 0 Å². The fourth-order valence-electron chi connectivity index (χ4n) is 3.53. The molecule has 0 unspecified atom stereocenters. The van der Waals surface area contributed by atoms with E-state index in [0.717, 1.165) is 5.92 Å². The highest BCUT2D eigenvalue weighted by atomic mass is 14.2. The van der Waals surface area contributed by atoms with Crippen molar-refractivity contribution in [2.24, 2.45) is 0 Å². The van der Waals surface area contributed by atoms with E-state index in [2.05, 4.69) is 54.6 Å². The molecule has 0 aromatic heterocycles. The molecule has 2 aromatic rings. The molecule has 1 aliphatic carbocycles. The van der Waals surface area contributed by atoms with Crippen molar-refractivity contribution in [2.75, 3.05) is 0 Å². The van der Waals surface area contributed by atoms with Crippen molar-refractivity contribution in [3.05, 3.63) is 71.3 Å². The molecule has 0 spiro atoms. The van der Waals surface area contributed by atoms with E-state index >= 15 is 0 Å². The van der Waals surface area contributed by atoms with Crippen LogP contribution in [0.25, 0.3) is 0 Å². The Balaban J connectivity index is 1.50. The second-order valence-electron chi connectivity index (χ2n) is 6.42. The van der Waals surface area contributed by atoms with Crippen LogP contribution in [0.3, 0.4) is 0 Å². The average molecular weight is 278 g/mol. The monoisotopic (exact) mass is 278 g/mol. The van der Waals surface area contributed by atoms with Crippen LogP contribution in [0.2, 0.25) is 0 Å². The zero-order chi connectivity index (χ0) is 14.3. The standard InChI is InChI=1S/C21H26/c1-3-8-18(9-4-1)10-7-11-19-14-16-21(17-15-19)20-12-5-2-6-13-20/h1,3-4,8-9,14-17,20H,2,5-7,10-13H2. The minimum atomic E-state index is 0.831. The van der Waals surface area contributed by atoms with Gasteiger partial charge in [0.25, 0.3) is 0 Å². The summed E-state index contributed by atoms with van der Waals surface area (Å²) in [4.78, 5) is 0. The van der Waals surface area contributed by atoms with Gasteiger partial charge in [0.1, 0.15) is 0 Å². The van der Waals surface area contributed by atoms with Crippen molar-refractivity contribution in [3.63, 3.8) is 0 Å². The second-order valence-corrected chi connectivity index (χ2v) is 6.42. The van der Waals surface area contributed by atoms with Crippen LogP contribution in [0, 0.1) is 0 Å². The fraction of sp³-hybridized carbons (Fsp3) is 0.429. The van der Waals surface area contributed by atoms with Gasteiger partial charge in [-0.05, 0) is 54.7 Å². The van der Waals surface area contributed by atoms with Crippen molar-refractivity contribution >= 4 is 0 Å². The zero-order valence-electron chi connectivity index (χ0n) is 12.9. The number of hydrogen-bond acceptors (Lipinski definition) is 0. The van der Waals surface area contributed by atoms with Crippen molar-refractivity contribution in [2.45, 2.75) is 57.3 Å². The van der Waals surface area contributed by atoms with Crippen molar-refractivity contribution in [1.29, 1.82) is 0 Å². The predicted octanol–water partition coefficient (Wildman–Crippen LogP) is 5.91. The van der Waals surface area contributed by atoms with Gasteiger partial charge in [-0.25, -0.2) is 0 Å². The Hall–Kier alpha value is -1.56. The molecule has 1 aliphatic rings. The lowest BCUT2D eigenvalue weighted by molar-refractivity contribution is 0.443. The minimum Gasteiger partial charge on any atom is -0.0622 e. The number of hydrogen-bond donors (Lipinski definition) is 0. The van der Waals surface area contributed by atoms with Crippen LogP contribution < -0.4 is 0 Å². The molecule has 1 fully saturated rings. The molecule has 0 aliphatic heterocycles. The van der Waals surface area contributed by atoms with E-state index in [0.29, 0.717) is 0 Å². The smallest absolute Gasteiger partial charge is 0.0162 e. The van der Waals surface area contributed by atoms with Crippen LogP contribution in [0.1, 0.15) is 61.1 Å². The van der Waals surface area contributed by atoms with Gasteiger partial charge in [-0.15, -0.1) is 0 Å². The van der Waals surface area contributed by atoms with Crippen LogP contribution in [-0.2, 0) is 12.8 Å². The first-order chi connectivity index (χ1) is 10.4. The lowest BCUT2D eigenvalue weighted by Gasteiger charge is -2.22. The summed E-state index contributed by atoms with van der Waals surface area (Å²) in [6.45, 7) is 0. The maximum Gasteiger partial charge on any atom is -0.0162 e. The first-order valence-corrected chi connectivity index (χ1v) is 8.54. The molecule has 0 heteroatoms. The molecule has 0 bridgehead atoms. The van der Waals surface area contributed by atoms with E-state index in [1.165, 1.54) is 62.5 Å². The molecule has 0 N–H and O–H groups in total. The summed E-state index contributed by atoms with van der Waals surface area (Å²) in [6.07, 6.45) is 10.7. The van der Waals surface area contributed by atoms with Gasteiger partial charge in [0, 0.05) is 0 Å². The number of aryl methyl sites for hydroxylation is 2. The third-order valence-corrected chi connectivity index (χ3v) is 4.83. The van der Waals surface area contributed by atoms with Crippen molar-refractivity contribution in [3.8, 4) is 0 Å². The second kappa shape index (κ2) is 7.45. The Labute approximate surface area is 129 Å². The molecular formula is C21H26. The third kappa shape index (κ3) is 4.20. The number of benzene rings is 2. The first-order valence-electron chi connectivity index (χ1n) is 8.54. The van der Waals surface area contributed by atoms with Crippen LogP contribution in [-0.4, -0.2) is 0 Å². The molecule has 1 saturated carbocycles. The quantitative estimate of drug-likeness (QED) is 0.638. The molecule has 2 aromatic carbocycles. The average Bonchev–Trinajstić information content (AvgIpc) is 2.57. The molecule has 0 amide bonds. The Kier molecular flexibility index (Phi) is 5.10. The maximum atomic E-state index is 2.38. The van der Waals surface area contributed by atoms with E-state index < -0.39 is 0 Å². The van der Waals surface area contributed by atoms with Gasteiger partial charge >= 0.3 is 0 Å². The summed E-state index contributed by atoms with van der Waals surface area (Å²) in [6, 6.07) is 20.3. The molecule has 3 rings (SSSR count). The zero-order valence-corrected chi connectivity index (χ0v) is 12.9. The Morgan fingerprint density at radius 2 is 1.29 bits per heavy atom. The van der Waals surface area contributed by atoms with Gasteiger partial charge in [0.05, 0.1) is 0 Å². The van der Waals surface area contributed by atoms with Crippen molar-refractivity contribution < 1.29 is 0 Å². The molecular weight excluding hydrogens is 252 g/mol. The van der Waals surface area contributed by atoms with E-state index in [9.17, 15) is 0 Å². The minimum absolute atomic E-state index is 0.831. The fourth-order valence-corrected chi connectivity index (χ4v) is 3.53. The Morgan fingerprint density at radius 3 is 1.95 bits per heavy atom. The van der Waals surface area contributed by atoms with Gasteiger partial charge in [-0.2, -0.15) is 0 Å². The first kappa shape index (κ1) is 14.4. The molecule has 0 heterocycles. The normalized spacial score (nSPS) is 16.0. The topological polar surface area (TPSA) is 0 Å². The summed E-state index contributed by atoms with van der Waals surface area (Å²) in [5.41, 5.74) is 4.52. The van der Waals surface area contributed by atoms with E-state index in [4.69, 9.17) is 0 Å². The summed E-state index contributed by atoms with van der Waals surface area (Å²) in [5, 5.41) is 0. The summed E-state index contributed by atoms with van der Waals surface area (Å²) < 4.78 is 0. The summed E-state index contributed by atoms with van der Waals surface area (Å²) in [5.74, 6) is 0.831. The molecule has 0 saturated heterocycles. The highest BCUT2D eigenvalue weighted by molar-refractivity contribution is 5.26. The SMILES string of the molecule is c1ccc(CCCc2ccc(C3CCCCC3)cc2)cc1. The largest absolute Gasteiger partial charge is 0.0622 e. The van der Waals surface area contributed by atoms with Crippen LogP contribution >= 0.6 is 0 Å². The maximum absolute atomic E-state index is 2.38. The molecule has 21 heavy (non-hydrogen) atoms. The summed E-state index contributed by atoms with van der Waals surface area (Å²) >= 11 is 0. The summed E-state index contributed by atoms with van der Waals surface area (Å²) in [7, 11) is 0. The lowest BCUT2D eigenvalue weighted by atomic mass is 9.84. The molecule has 110 valence electrons. The molecule has 0 nitrogen and oxygen atoms in total. The highest BCUT2D eigenvalue weighted by Gasteiger charge is 2.14. The van der Waals surface area contributed by atoms with Gasteiger partial charge in [0.15, 0.2) is 0 Å². The Morgan fingerprint density at radius 1 is 0.667 bits per heavy atom. The van der Waals surface area contributed by atoms with Gasteiger partial charge < -0.3 is 0 Å². The third-order valence-electron chi connectivity index (χ3n) is 4.83. The van der Waals surface area contributed by atoms with Crippen LogP contribution in [0.5, 0.6) is 0 Å². The molecule has 0 radical (unpaired) electrons. The molecule has 0 atom stereocenters. The van der Waals surface area contributed by atoms with E-state index in [1.54, 1.807) is 5.56 Å². The van der Waals surface area contributed by atoms with Crippen LogP contribution in [0.15, 0.2) is 54.6 Å². The highest BCUT2D eigenvalue weighted by Crippen LogP contribution is 2.32. The van der Waals surface area contributed by atoms with Gasteiger partial charge in [0.2, 0.25) is 0 Å².